The Bertz CT molecular complexity index is 1060. The van der Waals surface area contributed by atoms with E-state index in [1.165, 1.54) is 16.6 Å². The van der Waals surface area contributed by atoms with Crippen molar-refractivity contribution in [3.63, 3.8) is 0 Å². The van der Waals surface area contributed by atoms with Crippen molar-refractivity contribution in [2.24, 2.45) is 0 Å². The van der Waals surface area contributed by atoms with Gasteiger partial charge in [0.05, 0.1) is 5.69 Å². The third kappa shape index (κ3) is 3.39. The first-order chi connectivity index (χ1) is 13.0. The Hall–Kier alpha value is -1.84. The molecule has 1 aromatic carbocycles. The predicted octanol–water partition coefficient (Wildman–Crippen LogP) is 6.06. The number of aryl methyl sites for hydroxylation is 2. The number of aromatic nitrogens is 2. The fourth-order valence-electron chi connectivity index (χ4n) is 3.86. The number of nitrogens with zero attached hydrogens (tertiary/aromatic N) is 4. The molecule has 0 saturated carbocycles. The molecule has 2 aromatic heterocycles. The van der Waals surface area contributed by atoms with Crippen LogP contribution < -0.4 is 4.90 Å². The van der Waals surface area contributed by atoms with Crippen LogP contribution in [-0.4, -0.2) is 28.7 Å². The molecular formula is C21H20Br2N4. The Labute approximate surface area is 176 Å². The van der Waals surface area contributed by atoms with E-state index in [0.717, 1.165) is 51.9 Å². The standard InChI is InChI=1S/C21H20Br2N4/c1-13-12-27(18-5-4-15(22)11-17(18)23)21-20(13)19(10-14(2)25-21)26-8-6-16(24-3)7-9-26/h4-5,10-12,16H,6-9H2,1-2H3. The highest BCUT2D eigenvalue weighted by Crippen LogP contribution is 2.36. The van der Waals surface area contributed by atoms with Gasteiger partial charge in [0.2, 0.25) is 6.04 Å². The lowest BCUT2D eigenvalue weighted by Gasteiger charge is -2.30. The average molecular weight is 488 g/mol. The van der Waals surface area contributed by atoms with E-state index < -0.39 is 0 Å². The van der Waals surface area contributed by atoms with E-state index >= 15 is 0 Å². The number of fused-ring (bicyclic) bond motifs is 1. The molecule has 0 unspecified atom stereocenters. The average Bonchev–Trinajstić information content (AvgIpc) is 2.97. The van der Waals surface area contributed by atoms with Crippen LogP contribution in [0.5, 0.6) is 0 Å². The van der Waals surface area contributed by atoms with Crippen LogP contribution in [0.3, 0.4) is 0 Å². The topological polar surface area (TPSA) is 25.4 Å². The maximum Gasteiger partial charge on any atom is 0.227 e. The van der Waals surface area contributed by atoms with Gasteiger partial charge in [-0.25, -0.2) is 11.6 Å². The maximum absolute atomic E-state index is 7.29. The first kappa shape index (κ1) is 18.5. The lowest BCUT2D eigenvalue weighted by molar-refractivity contribution is 0.549. The van der Waals surface area contributed by atoms with E-state index in [2.05, 4.69) is 84.4 Å². The third-order valence-electron chi connectivity index (χ3n) is 5.21. The summed E-state index contributed by atoms with van der Waals surface area (Å²) < 4.78 is 4.24. The Morgan fingerprint density at radius 2 is 1.85 bits per heavy atom. The molecule has 138 valence electrons. The second-order valence-corrected chi connectivity index (χ2v) is 8.88. The van der Waals surface area contributed by atoms with Gasteiger partial charge in [-0.15, -0.1) is 0 Å². The molecule has 0 aliphatic carbocycles. The van der Waals surface area contributed by atoms with Crippen molar-refractivity contribution in [1.82, 2.24) is 9.55 Å². The lowest BCUT2D eigenvalue weighted by Crippen LogP contribution is -2.35. The van der Waals surface area contributed by atoms with E-state index in [0.29, 0.717) is 0 Å². The number of hydrogen-bond acceptors (Lipinski definition) is 2. The van der Waals surface area contributed by atoms with Gasteiger partial charge in [-0.2, -0.15) is 0 Å². The minimum absolute atomic E-state index is 0.170. The fourth-order valence-corrected chi connectivity index (χ4v) is 5.10. The quantitative estimate of drug-likeness (QED) is 0.411. The van der Waals surface area contributed by atoms with Crippen molar-refractivity contribution in [3.8, 4) is 5.69 Å². The molecule has 3 heterocycles. The van der Waals surface area contributed by atoms with Crippen molar-refractivity contribution in [2.75, 3.05) is 18.0 Å². The molecule has 0 radical (unpaired) electrons. The molecular weight excluding hydrogens is 468 g/mol. The zero-order valence-corrected chi connectivity index (χ0v) is 18.5. The second-order valence-electron chi connectivity index (χ2n) is 7.11. The summed E-state index contributed by atoms with van der Waals surface area (Å²) in [5.74, 6) is 0. The summed E-state index contributed by atoms with van der Waals surface area (Å²) in [4.78, 5) is 11.0. The fraction of sp³-hybridized carbons (Fsp3) is 0.333. The normalized spacial score (nSPS) is 15.3. The summed E-state index contributed by atoms with van der Waals surface area (Å²) in [6.07, 6.45) is 4.04. The number of rotatable bonds is 2. The molecule has 3 aromatic rings. The van der Waals surface area contributed by atoms with Crippen LogP contribution in [0.2, 0.25) is 0 Å². The van der Waals surface area contributed by atoms with E-state index in [1.807, 2.05) is 6.07 Å². The van der Waals surface area contributed by atoms with Gasteiger partial charge in [-0.05, 0) is 59.6 Å². The molecule has 4 nitrogen and oxygen atoms in total. The van der Waals surface area contributed by atoms with Crippen molar-refractivity contribution in [3.05, 3.63) is 62.1 Å². The van der Waals surface area contributed by atoms with E-state index in [-0.39, 0.29) is 6.04 Å². The third-order valence-corrected chi connectivity index (χ3v) is 6.34. The van der Waals surface area contributed by atoms with Crippen LogP contribution in [0.4, 0.5) is 5.69 Å². The molecule has 1 saturated heterocycles. The molecule has 0 atom stereocenters. The summed E-state index contributed by atoms with van der Waals surface area (Å²) in [6.45, 7) is 13.3. The maximum atomic E-state index is 7.29. The molecule has 1 fully saturated rings. The number of anilines is 1. The molecule has 0 N–H and O–H groups in total. The highest BCUT2D eigenvalue weighted by Gasteiger charge is 2.25. The van der Waals surface area contributed by atoms with Crippen LogP contribution in [0.25, 0.3) is 21.6 Å². The van der Waals surface area contributed by atoms with Gasteiger partial charge in [0.25, 0.3) is 0 Å². The zero-order chi connectivity index (χ0) is 19.1. The molecule has 0 amide bonds. The Kier molecular flexibility index (Phi) is 5.00. The van der Waals surface area contributed by atoms with Gasteiger partial charge in [-0.1, -0.05) is 15.9 Å². The van der Waals surface area contributed by atoms with E-state index in [4.69, 9.17) is 11.6 Å². The minimum atomic E-state index is 0.170. The first-order valence-electron chi connectivity index (χ1n) is 9.04. The summed E-state index contributed by atoms with van der Waals surface area (Å²) in [7, 11) is 0. The highest BCUT2D eigenvalue weighted by molar-refractivity contribution is 9.11. The molecule has 27 heavy (non-hydrogen) atoms. The number of benzene rings is 1. The van der Waals surface area contributed by atoms with Gasteiger partial charge in [-0.3, -0.25) is 4.57 Å². The molecule has 0 spiro atoms. The Morgan fingerprint density at radius 3 is 2.52 bits per heavy atom. The lowest BCUT2D eigenvalue weighted by atomic mass is 10.0. The van der Waals surface area contributed by atoms with E-state index in [9.17, 15) is 0 Å². The molecule has 6 heteroatoms. The smallest absolute Gasteiger partial charge is 0.227 e. The minimum Gasteiger partial charge on any atom is -0.370 e. The van der Waals surface area contributed by atoms with Gasteiger partial charge < -0.3 is 9.74 Å². The van der Waals surface area contributed by atoms with E-state index in [1.54, 1.807) is 0 Å². The number of pyridine rings is 1. The molecule has 4 rings (SSSR count). The van der Waals surface area contributed by atoms with Gasteiger partial charge in [0.1, 0.15) is 5.65 Å². The van der Waals surface area contributed by atoms with Crippen LogP contribution in [0.15, 0.2) is 39.4 Å². The van der Waals surface area contributed by atoms with Crippen molar-refractivity contribution >= 4 is 48.6 Å². The van der Waals surface area contributed by atoms with Crippen LogP contribution >= 0.6 is 31.9 Å². The number of hydrogen-bond donors (Lipinski definition) is 0. The highest BCUT2D eigenvalue weighted by atomic mass is 79.9. The number of halogens is 2. The van der Waals surface area contributed by atoms with Gasteiger partial charge >= 0.3 is 0 Å². The van der Waals surface area contributed by atoms with Crippen LogP contribution in [0, 0.1) is 20.4 Å². The summed E-state index contributed by atoms with van der Waals surface area (Å²) in [6, 6.07) is 8.56. The molecule has 1 aliphatic rings. The van der Waals surface area contributed by atoms with Crippen LogP contribution in [0.1, 0.15) is 24.1 Å². The Balaban J connectivity index is 1.86. The summed E-state index contributed by atoms with van der Waals surface area (Å²) in [5, 5.41) is 1.21. The first-order valence-corrected chi connectivity index (χ1v) is 10.6. The summed E-state index contributed by atoms with van der Waals surface area (Å²) >= 11 is 7.22. The van der Waals surface area contributed by atoms with Gasteiger partial charge in [0, 0.05) is 57.8 Å². The zero-order valence-electron chi connectivity index (χ0n) is 15.3. The van der Waals surface area contributed by atoms with Crippen molar-refractivity contribution in [2.45, 2.75) is 32.7 Å². The van der Waals surface area contributed by atoms with Gasteiger partial charge in [0.15, 0.2) is 0 Å². The Morgan fingerprint density at radius 1 is 1.11 bits per heavy atom. The monoisotopic (exact) mass is 486 g/mol. The molecule has 0 bridgehead atoms. The SMILES string of the molecule is [C-]#[N+]C1CCN(c2cc(C)nc3c2c(C)cn3-c2ccc(Br)cc2Br)CC1. The second kappa shape index (κ2) is 7.29. The largest absolute Gasteiger partial charge is 0.370 e. The number of piperidine rings is 1. The predicted molar refractivity (Wildman–Crippen MR) is 118 cm³/mol. The van der Waals surface area contributed by atoms with Crippen molar-refractivity contribution < 1.29 is 0 Å². The van der Waals surface area contributed by atoms with Crippen molar-refractivity contribution in [1.29, 1.82) is 0 Å². The van der Waals surface area contributed by atoms with Crippen LogP contribution in [-0.2, 0) is 0 Å². The summed E-state index contributed by atoms with van der Waals surface area (Å²) in [5.41, 5.74) is 5.53. The molecule has 1 aliphatic heterocycles.